The quantitative estimate of drug-likeness (QED) is 0.803. The van der Waals surface area contributed by atoms with Crippen LogP contribution in [0.5, 0.6) is 5.75 Å². The molecule has 138 valence electrons. The summed E-state index contributed by atoms with van der Waals surface area (Å²) >= 11 is 0. The van der Waals surface area contributed by atoms with E-state index in [-0.39, 0.29) is 23.8 Å². The maximum absolute atomic E-state index is 13.1. The third kappa shape index (κ3) is 3.53. The molecule has 1 atom stereocenters. The van der Waals surface area contributed by atoms with Crippen LogP contribution in [0, 0.1) is 0 Å². The predicted molar refractivity (Wildman–Crippen MR) is 98.2 cm³/mol. The Hall–Kier alpha value is -2.54. The van der Waals surface area contributed by atoms with E-state index in [0.717, 1.165) is 5.56 Å². The second-order valence-electron chi connectivity index (χ2n) is 6.13. The number of fused-ring (bicyclic) bond motifs is 1. The molecule has 0 amide bonds. The number of hydrogen-bond donors (Lipinski definition) is 1. The van der Waals surface area contributed by atoms with Crippen LogP contribution in [0.1, 0.15) is 31.2 Å². The van der Waals surface area contributed by atoms with Gasteiger partial charge in [0.25, 0.3) is 10.0 Å². The summed E-state index contributed by atoms with van der Waals surface area (Å²) in [4.78, 5) is 11.2. The van der Waals surface area contributed by atoms with Gasteiger partial charge in [0.15, 0.2) is 0 Å². The van der Waals surface area contributed by atoms with E-state index in [1.54, 1.807) is 42.5 Å². The van der Waals surface area contributed by atoms with Crippen LogP contribution < -0.4 is 9.04 Å². The fourth-order valence-corrected chi connectivity index (χ4v) is 4.79. The number of benzene rings is 2. The maximum atomic E-state index is 13.1. The number of carbonyl (C=O) groups is 1. The minimum atomic E-state index is -3.70. The van der Waals surface area contributed by atoms with Gasteiger partial charge in [-0.1, -0.05) is 18.2 Å². The van der Waals surface area contributed by atoms with Crippen LogP contribution in [-0.2, 0) is 14.8 Å². The zero-order chi connectivity index (χ0) is 18.7. The maximum Gasteiger partial charge on any atom is 0.303 e. The largest absolute Gasteiger partial charge is 0.494 e. The van der Waals surface area contributed by atoms with Gasteiger partial charge in [0.05, 0.1) is 17.2 Å². The minimum absolute atomic E-state index is 0.0117. The summed E-state index contributed by atoms with van der Waals surface area (Å²) in [6, 6.07) is 13.6. The second kappa shape index (κ2) is 7.37. The minimum Gasteiger partial charge on any atom is -0.494 e. The lowest BCUT2D eigenvalue weighted by atomic mass is 9.96. The summed E-state index contributed by atoms with van der Waals surface area (Å²) in [7, 11) is -3.70. The molecule has 0 bridgehead atoms. The second-order valence-corrected chi connectivity index (χ2v) is 7.99. The highest BCUT2D eigenvalue weighted by atomic mass is 32.2. The van der Waals surface area contributed by atoms with Gasteiger partial charge in [-0.2, -0.15) is 0 Å². The van der Waals surface area contributed by atoms with Gasteiger partial charge < -0.3 is 9.84 Å². The highest BCUT2D eigenvalue weighted by Crippen LogP contribution is 2.43. The zero-order valence-corrected chi connectivity index (χ0v) is 15.3. The third-order valence-corrected chi connectivity index (χ3v) is 6.24. The topological polar surface area (TPSA) is 83.9 Å². The molecule has 3 rings (SSSR count). The van der Waals surface area contributed by atoms with Crippen molar-refractivity contribution in [1.29, 1.82) is 0 Å². The van der Waals surface area contributed by atoms with Gasteiger partial charge in [0.1, 0.15) is 5.75 Å². The molecule has 6 nitrogen and oxygen atoms in total. The van der Waals surface area contributed by atoms with Gasteiger partial charge >= 0.3 is 5.97 Å². The Morgan fingerprint density at radius 3 is 2.62 bits per heavy atom. The summed E-state index contributed by atoms with van der Waals surface area (Å²) in [6.45, 7) is 2.61. The molecule has 0 spiro atoms. The average Bonchev–Trinajstić information content (AvgIpc) is 3.00. The van der Waals surface area contributed by atoms with Crippen molar-refractivity contribution in [1.82, 2.24) is 0 Å². The lowest BCUT2D eigenvalue weighted by Gasteiger charge is -2.20. The summed E-state index contributed by atoms with van der Waals surface area (Å²) in [6.07, 6.45) is 0.362. The van der Waals surface area contributed by atoms with Crippen molar-refractivity contribution in [3.8, 4) is 5.75 Å². The molecule has 1 N–H and O–H groups in total. The molecule has 0 radical (unpaired) electrons. The smallest absolute Gasteiger partial charge is 0.303 e. The van der Waals surface area contributed by atoms with Crippen molar-refractivity contribution in [2.75, 3.05) is 17.5 Å². The Labute approximate surface area is 153 Å². The molecule has 0 fully saturated rings. The number of hydrogen-bond acceptors (Lipinski definition) is 4. The molecule has 0 saturated carbocycles. The highest BCUT2D eigenvalue weighted by Gasteiger charge is 2.36. The molecule has 7 heteroatoms. The van der Waals surface area contributed by atoms with E-state index >= 15 is 0 Å². The SMILES string of the molecule is CCOc1ccc2c(c1)C(CCC(=O)O)CN2S(=O)(=O)c1ccccc1. The van der Waals surface area contributed by atoms with Gasteiger partial charge in [-0.3, -0.25) is 9.10 Å². The molecule has 0 aromatic heterocycles. The molecule has 1 aliphatic rings. The Bertz CT molecular complexity index is 895. The van der Waals surface area contributed by atoms with Gasteiger partial charge in [-0.05, 0) is 49.2 Å². The molecule has 26 heavy (non-hydrogen) atoms. The normalized spacial score (nSPS) is 16.3. The monoisotopic (exact) mass is 375 g/mol. The molecule has 0 saturated heterocycles. The van der Waals surface area contributed by atoms with E-state index in [0.29, 0.717) is 24.5 Å². The Morgan fingerprint density at radius 1 is 1.23 bits per heavy atom. The first-order valence-corrected chi connectivity index (χ1v) is 9.94. The molecule has 2 aromatic carbocycles. The average molecular weight is 375 g/mol. The van der Waals surface area contributed by atoms with E-state index in [2.05, 4.69) is 0 Å². The number of anilines is 1. The fraction of sp³-hybridized carbons (Fsp3) is 0.316. The van der Waals surface area contributed by atoms with Crippen molar-refractivity contribution in [3.05, 3.63) is 54.1 Å². The first-order chi connectivity index (χ1) is 12.4. The van der Waals surface area contributed by atoms with E-state index < -0.39 is 16.0 Å². The summed E-state index contributed by atoms with van der Waals surface area (Å²) in [5, 5.41) is 9.01. The van der Waals surface area contributed by atoms with Crippen LogP contribution in [0.25, 0.3) is 0 Å². The number of sulfonamides is 1. The van der Waals surface area contributed by atoms with Crippen molar-refractivity contribution < 1.29 is 23.1 Å². The standard InChI is InChI=1S/C19H21NO5S/c1-2-25-15-9-10-18-17(12-15)14(8-11-19(21)22)13-20(18)26(23,24)16-6-4-3-5-7-16/h3-7,9-10,12,14H,2,8,11,13H2,1H3,(H,21,22). The molecule has 1 aliphatic heterocycles. The number of carboxylic acid groups (broad SMARTS) is 1. The summed E-state index contributed by atoms with van der Waals surface area (Å²) < 4.78 is 33.0. The molecule has 0 aliphatic carbocycles. The third-order valence-electron chi connectivity index (χ3n) is 4.44. The van der Waals surface area contributed by atoms with Crippen molar-refractivity contribution >= 4 is 21.7 Å². The van der Waals surface area contributed by atoms with Crippen LogP contribution in [0.3, 0.4) is 0 Å². The van der Waals surface area contributed by atoms with Crippen LogP contribution in [0.15, 0.2) is 53.4 Å². The number of carboxylic acids is 1. The van der Waals surface area contributed by atoms with Gasteiger partial charge in [0, 0.05) is 18.9 Å². The van der Waals surface area contributed by atoms with Crippen molar-refractivity contribution in [2.24, 2.45) is 0 Å². The van der Waals surface area contributed by atoms with E-state index in [4.69, 9.17) is 9.84 Å². The highest BCUT2D eigenvalue weighted by molar-refractivity contribution is 7.92. The summed E-state index contributed by atoms with van der Waals surface area (Å²) in [5.41, 5.74) is 1.41. The molecule has 1 unspecified atom stereocenters. The number of ether oxygens (including phenoxy) is 1. The van der Waals surface area contributed by atoms with Crippen LogP contribution in [0.4, 0.5) is 5.69 Å². The van der Waals surface area contributed by atoms with E-state index in [1.165, 1.54) is 4.31 Å². The van der Waals surface area contributed by atoms with Gasteiger partial charge in [-0.15, -0.1) is 0 Å². The molecule has 2 aromatic rings. The number of nitrogens with zero attached hydrogens (tertiary/aromatic N) is 1. The Balaban J connectivity index is 2.00. The molecular formula is C19H21NO5S. The Kier molecular flexibility index (Phi) is 5.18. The van der Waals surface area contributed by atoms with E-state index in [9.17, 15) is 13.2 Å². The lowest BCUT2D eigenvalue weighted by Crippen LogP contribution is -2.30. The van der Waals surface area contributed by atoms with Crippen LogP contribution in [-0.4, -0.2) is 32.6 Å². The Morgan fingerprint density at radius 2 is 1.96 bits per heavy atom. The van der Waals surface area contributed by atoms with Crippen molar-refractivity contribution in [3.63, 3.8) is 0 Å². The first kappa shape index (κ1) is 18.3. The van der Waals surface area contributed by atoms with E-state index in [1.807, 2.05) is 13.0 Å². The van der Waals surface area contributed by atoms with Crippen LogP contribution >= 0.6 is 0 Å². The summed E-state index contributed by atoms with van der Waals surface area (Å²) in [5.74, 6) is -0.414. The lowest BCUT2D eigenvalue weighted by molar-refractivity contribution is -0.137. The van der Waals surface area contributed by atoms with Crippen LogP contribution in [0.2, 0.25) is 0 Å². The molecular weight excluding hydrogens is 354 g/mol. The predicted octanol–water partition coefficient (Wildman–Crippen LogP) is 3.24. The van der Waals surface area contributed by atoms with Gasteiger partial charge in [0.2, 0.25) is 0 Å². The first-order valence-electron chi connectivity index (χ1n) is 8.49. The fourth-order valence-electron chi connectivity index (χ4n) is 3.23. The van der Waals surface area contributed by atoms with Gasteiger partial charge in [-0.25, -0.2) is 8.42 Å². The molecule has 1 heterocycles. The van der Waals surface area contributed by atoms with Crippen molar-refractivity contribution in [2.45, 2.75) is 30.6 Å². The number of aliphatic carboxylic acids is 1. The number of rotatable bonds is 7. The zero-order valence-electron chi connectivity index (χ0n) is 14.5.